The normalized spacial score (nSPS) is 10.8. The molecule has 7 nitrogen and oxygen atoms in total. The van der Waals surface area contributed by atoms with Crippen LogP contribution in [-0.2, 0) is 0 Å². The molecule has 0 amide bonds. The molecule has 0 N–H and O–H groups in total. The van der Waals surface area contributed by atoms with E-state index in [-0.39, 0.29) is 10.8 Å². The van der Waals surface area contributed by atoms with Crippen molar-refractivity contribution < 1.29 is 4.92 Å². The van der Waals surface area contributed by atoms with Gasteiger partial charge in [0, 0.05) is 23.8 Å². The fraction of sp³-hybridized carbons (Fsp3) is 0. The number of benzene rings is 1. The molecule has 0 radical (unpaired) electrons. The molecule has 2 heterocycles. The summed E-state index contributed by atoms with van der Waals surface area (Å²) in [7, 11) is 0. The molecule has 0 saturated heterocycles. The lowest BCUT2D eigenvalue weighted by atomic mass is 10.2. The molecule has 0 spiro atoms. The minimum absolute atomic E-state index is 0.0321. The van der Waals surface area contributed by atoms with E-state index in [0.29, 0.717) is 15.5 Å². The van der Waals surface area contributed by atoms with Gasteiger partial charge in [0.25, 0.3) is 11.2 Å². The molecule has 3 rings (SSSR count). The number of halogens is 1. The summed E-state index contributed by atoms with van der Waals surface area (Å²) in [4.78, 5) is 25.7. The Hall–Kier alpha value is -2.32. The van der Waals surface area contributed by atoms with Gasteiger partial charge in [0.15, 0.2) is 0 Å². The van der Waals surface area contributed by atoms with Crippen LogP contribution < -0.4 is 5.56 Å². The number of hydrogen-bond donors (Lipinski definition) is 0. The zero-order valence-corrected chi connectivity index (χ0v) is 11.3. The summed E-state index contributed by atoms with van der Waals surface area (Å²) in [5, 5.41) is 15.6. The van der Waals surface area contributed by atoms with Gasteiger partial charge in [0.2, 0.25) is 4.96 Å². The van der Waals surface area contributed by atoms with Crippen LogP contribution in [0.25, 0.3) is 15.5 Å². The number of aromatic nitrogens is 3. The van der Waals surface area contributed by atoms with E-state index in [0.717, 1.165) is 17.4 Å². The molecule has 0 bridgehead atoms. The maximum absolute atomic E-state index is 11.3. The minimum Gasteiger partial charge on any atom is -0.267 e. The summed E-state index contributed by atoms with van der Waals surface area (Å²) >= 11 is 7.04. The van der Waals surface area contributed by atoms with Gasteiger partial charge in [-0.25, -0.2) is 0 Å². The van der Waals surface area contributed by atoms with E-state index in [9.17, 15) is 14.9 Å². The highest BCUT2D eigenvalue weighted by Crippen LogP contribution is 2.28. The predicted octanol–water partition coefficient (Wildman–Crippen LogP) is 2.38. The smallest absolute Gasteiger partial charge is 0.267 e. The molecule has 0 aliphatic carbocycles. The molecule has 0 aliphatic rings. The molecule has 100 valence electrons. The van der Waals surface area contributed by atoms with Gasteiger partial charge < -0.3 is 0 Å². The molecule has 0 aliphatic heterocycles. The van der Waals surface area contributed by atoms with Crippen molar-refractivity contribution in [2.24, 2.45) is 0 Å². The van der Waals surface area contributed by atoms with Crippen LogP contribution >= 0.6 is 22.9 Å². The van der Waals surface area contributed by atoms with Crippen LogP contribution in [0.5, 0.6) is 0 Å². The fourth-order valence-electron chi connectivity index (χ4n) is 1.65. The zero-order chi connectivity index (χ0) is 14.3. The van der Waals surface area contributed by atoms with Crippen molar-refractivity contribution in [3.63, 3.8) is 0 Å². The highest BCUT2D eigenvalue weighted by molar-refractivity contribution is 7.19. The van der Waals surface area contributed by atoms with Gasteiger partial charge in [-0.3, -0.25) is 14.9 Å². The van der Waals surface area contributed by atoms with Gasteiger partial charge in [-0.2, -0.15) is 14.6 Å². The van der Waals surface area contributed by atoms with Gasteiger partial charge in [0.05, 0.1) is 4.92 Å². The lowest BCUT2D eigenvalue weighted by Gasteiger charge is -1.95. The predicted molar refractivity (Wildman–Crippen MR) is 74.2 cm³/mol. The summed E-state index contributed by atoms with van der Waals surface area (Å²) in [6, 6.07) is 7.22. The Balaban J connectivity index is 2.20. The maximum atomic E-state index is 11.3. The van der Waals surface area contributed by atoms with Crippen molar-refractivity contribution in [3.05, 3.63) is 56.0 Å². The first-order chi connectivity index (χ1) is 9.54. The molecule has 0 fully saturated rings. The maximum Gasteiger partial charge on any atom is 0.275 e. The van der Waals surface area contributed by atoms with E-state index >= 15 is 0 Å². The van der Waals surface area contributed by atoms with Crippen molar-refractivity contribution in [1.82, 2.24) is 14.6 Å². The summed E-state index contributed by atoms with van der Waals surface area (Å²) in [6.07, 6.45) is 0. The van der Waals surface area contributed by atoms with Crippen molar-refractivity contribution in [1.29, 1.82) is 0 Å². The quantitative estimate of drug-likeness (QED) is 0.412. The Labute approximate surface area is 120 Å². The topological polar surface area (TPSA) is 90.4 Å². The number of rotatable bonds is 2. The van der Waals surface area contributed by atoms with Crippen LogP contribution in [0.4, 0.5) is 5.69 Å². The highest BCUT2D eigenvalue weighted by atomic mass is 35.5. The van der Waals surface area contributed by atoms with Gasteiger partial charge in [0.1, 0.15) is 10.2 Å². The van der Waals surface area contributed by atoms with Crippen LogP contribution in [0.15, 0.2) is 35.1 Å². The van der Waals surface area contributed by atoms with Gasteiger partial charge in [-0.05, 0) is 0 Å². The van der Waals surface area contributed by atoms with Crippen LogP contribution in [-0.4, -0.2) is 19.5 Å². The summed E-state index contributed by atoms with van der Waals surface area (Å²) in [5.74, 6) is 0. The average molecular weight is 309 g/mol. The van der Waals surface area contributed by atoms with Crippen molar-refractivity contribution in [2.75, 3.05) is 0 Å². The summed E-state index contributed by atoms with van der Waals surface area (Å²) in [6.45, 7) is 0. The minimum atomic E-state index is -0.481. The van der Waals surface area contributed by atoms with Crippen molar-refractivity contribution >= 4 is 33.6 Å². The van der Waals surface area contributed by atoms with Crippen LogP contribution in [0.3, 0.4) is 0 Å². The Morgan fingerprint density at radius 1 is 1.35 bits per heavy atom. The Bertz CT molecular complexity index is 889. The molecule has 0 saturated carbocycles. The number of nitro benzene ring substituents is 1. The van der Waals surface area contributed by atoms with Crippen LogP contribution in [0.2, 0.25) is 5.15 Å². The van der Waals surface area contributed by atoms with E-state index in [2.05, 4.69) is 10.1 Å². The lowest BCUT2D eigenvalue weighted by molar-refractivity contribution is -0.384. The van der Waals surface area contributed by atoms with E-state index in [1.54, 1.807) is 12.1 Å². The first kappa shape index (κ1) is 12.7. The molecule has 2 aromatic heterocycles. The summed E-state index contributed by atoms with van der Waals surface area (Å²) < 4.78 is 1.32. The number of nitro groups is 1. The van der Waals surface area contributed by atoms with Gasteiger partial charge >= 0.3 is 0 Å². The highest BCUT2D eigenvalue weighted by Gasteiger charge is 2.13. The van der Waals surface area contributed by atoms with Crippen LogP contribution in [0, 0.1) is 10.1 Å². The third kappa shape index (κ3) is 2.15. The second-order valence-electron chi connectivity index (χ2n) is 3.83. The number of fused-ring (bicyclic) bond motifs is 1. The number of non-ortho nitro benzene ring substituents is 1. The standard InChI is InChI=1S/C11H5ClN4O3S/c12-8-5-9(17)13-11-15(8)14-10(20-11)6-2-1-3-7(4-6)16(18)19/h1-5H. The van der Waals surface area contributed by atoms with Gasteiger partial charge in [-0.1, -0.05) is 35.1 Å². The Morgan fingerprint density at radius 3 is 2.90 bits per heavy atom. The first-order valence-corrected chi connectivity index (χ1v) is 6.55. The SMILES string of the molecule is O=c1cc(Cl)n2nc(-c3cccc([N+](=O)[O-])c3)sc2n1. The molecule has 0 atom stereocenters. The Kier molecular flexibility index (Phi) is 2.96. The Morgan fingerprint density at radius 2 is 2.15 bits per heavy atom. The molecule has 3 aromatic rings. The molecule has 0 unspecified atom stereocenters. The monoisotopic (exact) mass is 308 g/mol. The third-order valence-electron chi connectivity index (χ3n) is 2.51. The van der Waals surface area contributed by atoms with Crippen LogP contribution in [0.1, 0.15) is 0 Å². The van der Waals surface area contributed by atoms with E-state index in [1.165, 1.54) is 16.6 Å². The second kappa shape index (κ2) is 4.66. The van der Waals surface area contributed by atoms with E-state index < -0.39 is 10.5 Å². The third-order valence-corrected chi connectivity index (χ3v) is 3.74. The average Bonchev–Trinajstić information content (AvgIpc) is 2.83. The molecule has 9 heteroatoms. The van der Waals surface area contributed by atoms with E-state index in [4.69, 9.17) is 11.6 Å². The second-order valence-corrected chi connectivity index (χ2v) is 5.17. The fourth-order valence-corrected chi connectivity index (χ4v) is 2.81. The largest absolute Gasteiger partial charge is 0.275 e. The molecule has 20 heavy (non-hydrogen) atoms. The number of hydrogen-bond acceptors (Lipinski definition) is 6. The number of nitrogens with zero attached hydrogens (tertiary/aromatic N) is 4. The first-order valence-electron chi connectivity index (χ1n) is 5.36. The molecular formula is C11H5ClN4O3S. The summed E-state index contributed by atoms with van der Waals surface area (Å²) in [5.41, 5.74) is 0.0813. The van der Waals surface area contributed by atoms with E-state index in [1.807, 2.05) is 0 Å². The lowest BCUT2D eigenvalue weighted by Crippen LogP contribution is -2.06. The molecular weight excluding hydrogens is 304 g/mol. The van der Waals surface area contributed by atoms with Gasteiger partial charge in [-0.15, -0.1) is 0 Å². The van der Waals surface area contributed by atoms with Crippen molar-refractivity contribution in [2.45, 2.75) is 0 Å². The van der Waals surface area contributed by atoms with Crippen molar-refractivity contribution in [3.8, 4) is 10.6 Å². The molecule has 1 aromatic carbocycles. The zero-order valence-electron chi connectivity index (χ0n) is 9.69.